The summed E-state index contributed by atoms with van der Waals surface area (Å²) in [5, 5.41) is 6.63. The molecule has 3 amide bonds. The molecule has 2 heterocycles. The molecule has 134 valence electrons. The van der Waals surface area contributed by atoms with Crippen molar-refractivity contribution < 1.29 is 18.8 Å². The molecule has 1 aromatic rings. The highest BCUT2D eigenvalue weighted by Crippen LogP contribution is 2.16. The van der Waals surface area contributed by atoms with Crippen molar-refractivity contribution in [1.29, 1.82) is 0 Å². The average molecular weight is 338 g/mol. The molecule has 0 atom stereocenters. The summed E-state index contributed by atoms with van der Waals surface area (Å²) in [6, 6.07) is 0.0955. The first kappa shape index (κ1) is 18.3. The van der Waals surface area contributed by atoms with E-state index in [1.54, 1.807) is 32.8 Å². The Morgan fingerprint density at radius 3 is 2.46 bits per heavy atom. The van der Waals surface area contributed by atoms with Crippen LogP contribution in [0, 0.1) is 13.8 Å². The van der Waals surface area contributed by atoms with Crippen molar-refractivity contribution in [1.82, 2.24) is 20.3 Å². The Balaban J connectivity index is 1.95. The van der Waals surface area contributed by atoms with Crippen LogP contribution in [0.1, 0.15) is 34.7 Å². The maximum atomic E-state index is 12.4. The van der Waals surface area contributed by atoms with E-state index < -0.39 is 0 Å². The number of nitrogens with one attached hydrogen (secondary N) is 1. The minimum Gasteiger partial charge on any atom is -0.381 e. The van der Waals surface area contributed by atoms with Gasteiger partial charge in [-0.3, -0.25) is 4.79 Å². The third-order valence-corrected chi connectivity index (χ3v) is 4.16. The van der Waals surface area contributed by atoms with Gasteiger partial charge in [0.05, 0.1) is 5.69 Å². The van der Waals surface area contributed by atoms with Crippen LogP contribution in [-0.2, 0) is 4.74 Å². The zero-order chi connectivity index (χ0) is 17.7. The van der Waals surface area contributed by atoms with Crippen molar-refractivity contribution in [2.45, 2.75) is 32.7 Å². The molecule has 1 aliphatic rings. The summed E-state index contributed by atoms with van der Waals surface area (Å²) in [5.74, 6) is 0.270. The van der Waals surface area contributed by atoms with E-state index in [-0.39, 0.29) is 18.0 Å². The first-order valence-electron chi connectivity index (χ1n) is 8.18. The van der Waals surface area contributed by atoms with Gasteiger partial charge in [-0.25, -0.2) is 4.79 Å². The summed E-state index contributed by atoms with van der Waals surface area (Å²) < 4.78 is 10.4. The van der Waals surface area contributed by atoms with Gasteiger partial charge in [-0.2, -0.15) is 0 Å². The van der Waals surface area contributed by atoms with Gasteiger partial charge in [0, 0.05) is 46.4 Å². The van der Waals surface area contributed by atoms with Crippen molar-refractivity contribution in [3.63, 3.8) is 0 Å². The quantitative estimate of drug-likeness (QED) is 0.871. The zero-order valence-corrected chi connectivity index (χ0v) is 14.8. The minimum absolute atomic E-state index is 0.0477. The van der Waals surface area contributed by atoms with Crippen LogP contribution in [0.5, 0.6) is 0 Å². The highest BCUT2D eigenvalue weighted by Gasteiger charge is 2.27. The number of hydrogen-bond donors (Lipinski definition) is 1. The summed E-state index contributed by atoms with van der Waals surface area (Å²) in [4.78, 5) is 28.1. The molecule has 1 saturated heterocycles. The monoisotopic (exact) mass is 338 g/mol. The Labute approximate surface area is 142 Å². The molecule has 0 aliphatic carbocycles. The molecule has 0 radical (unpaired) electrons. The van der Waals surface area contributed by atoms with Gasteiger partial charge >= 0.3 is 6.03 Å². The number of ether oxygens (including phenoxy) is 1. The normalized spacial score (nSPS) is 15.2. The SMILES string of the molecule is Cc1noc(C)c1C(=O)NCCN(C(=O)N(C)C)C1CCOCC1. The second-order valence-electron chi connectivity index (χ2n) is 6.17. The molecule has 24 heavy (non-hydrogen) atoms. The van der Waals surface area contributed by atoms with Crippen LogP contribution in [0.25, 0.3) is 0 Å². The van der Waals surface area contributed by atoms with E-state index >= 15 is 0 Å². The summed E-state index contributed by atoms with van der Waals surface area (Å²) in [6.07, 6.45) is 1.63. The maximum Gasteiger partial charge on any atom is 0.319 e. The molecule has 8 heteroatoms. The molecule has 0 aromatic carbocycles. The van der Waals surface area contributed by atoms with Gasteiger partial charge in [-0.05, 0) is 26.7 Å². The third kappa shape index (κ3) is 4.25. The Bertz CT molecular complexity index is 559. The smallest absolute Gasteiger partial charge is 0.319 e. The van der Waals surface area contributed by atoms with Crippen molar-refractivity contribution in [3.05, 3.63) is 17.0 Å². The number of rotatable bonds is 5. The molecule has 0 saturated carbocycles. The lowest BCUT2D eigenvalue weighted by molar-refractivity contribution is 0.0415. The van der Waals surface area contributed by atoms with Gasteiger partial charge in [-0.1, -0.05) is 5.16 Å². The van der Waals surface area contributed by atoms with Crippen LogP contribution in [-0.4, -0.2) is 73.3 Å². The lowest BCUT2D eigenvalue weighted by atomic mass is 10.1. The van der Waals surface area contributed by atoms with Crippen LogP contribution >= 0.6 is 0 Å². The van der Waals surface area contributed by atoms with Crippen molar-refractivity contribution >= 4 is 11.9 Å². The molecular formula is C16H26N4O4. The summed E-state index contributed by atoms with van der Waals surface area (Å²) in [5.41, 5.74) is 1.03. The van der Waals surface area contributed by atoms with E-state index in [4.69, 9.17) is 9.26 Å². The number of amides is 3. The molecule has 1 fully saturated rings. The highest BCUT2D eigenvalue weighted by atomic mass is 16.5. The predicted molar refractivity (Wildman–Crippen MR) is 87.9 cm³/mol. The van der Waals surface area contributed by atoms with Crippen LogP contribution in [0.4, 0.5) is 4.79 Å². The van der Waals surface area contributed by atoms with Gasteiger partial charge in [-0.15, -0.1) is 0 Å². The van der Waals surface area contributed by atoms with E-state index in [0.717, 1.165) is 12.8 Å². The zero-order valence-electron chi connectivity index (χ0n) is 14.8. The fourth-order valence-electron chi connectivity index (χ4n) is 2.87. The largest absolute Gasteiger partial charge is 0.381 e. The molecule has 1 N–H and O–H groups in total. The van der Waals surface area contributed by atoms with Crippen molar-refractivity contribution in [2.75, 3.05) is 40.4 Å². The lowest BCUT2D eigenvalue weighted by Crippen LogP contribution is -2.50. The Morgan fingerprint density at radius 2 is 1.92 bits per heavy atom. The van der Waals surface area contributed by atoms with E-state index in [0.29, 0.717) is 43.3 Å². The topological polar surface area (TPSA) is 87.9 Å². The third-order valence-electron chi connectivity index (χ3n) is 4.16. The molecular weight excluding hydrogens is 312 g/mol. The number of nitrogens with zero attached hydrogens (tertiary/aromatic N) is 3. The van der Waals surface area contributed by atoms with E-state index in [1.165, 1.54) is 0 Å². The minimum atomic E-state index is -0.226. The van der Waals surface area contributed by atoms with Crippen molar-refractivity contribution in [2.24, 2.45) is 0 Å². The number of carbonyl (C=O) groups is 2. The van der Waals surface area contributed by atoms with Crippen LogP contribution in [0.2, 0.25) is 0 Å². The molecule has 0 bridgehead atoms. The van der Waals surface area contributed by atoms with E-state index in [9.17, 15) is 9.59 Å². The lowest BCUT2D eigenvalue weighted by Gasteiger charge is -2.36. The van der Waals surface area contributed by atoms with Crippen molar-refractivity contribution in [3.8, 4) is 0 Å². The maximum absolute atomic E-state index is 12.4. The first-order valence-corrected chi connectivity index (χ1v) is 8.18. The molecule has 8 nitrogen and oxygen atoms in total. The Morgan fingerprint density at radius 1 is 1.25 bits per heavy atom. The standard InChI is InChI=1S/C16H26N4O4/c1-11-14(12(2)24-18-11)15(21)17-7-8-20(16(22)19(3)4)13-5-9-23-10-6-13/h13H,5-10H2,1-4H3,(H,17,21). The number of hydrogen-bond acceptors (Lipinski definition) is 5. The van der Waals surface area contributed by atoms with E-state index in [2.05, 4.69) is 10.5 Å². The van der Waals surface area contributed by atoms with E-state index in [1.807, 2.05) is 4.90 Å². The van der Waals surface area contributed by atoms with Gasteiger partial charge in [0.15, 0.2) is 0 Å². The molecule has 1 aromatic heterocycles. The number of aryl methyl sites for hydroxylation is 2. The second-order valence-corrected chi connectivity index (χ2v) is 6.17. The molecule has 2 rings (SSSR count). The molecule has 1 aliphatic heterocycles. The average Bonchev–Trinajstić information content (AvgIpc) is 2.90. The second kappa shape index (κ2) is 8.14. The number of carbonyl (C=O) groups excluding carboxylic acids is 2. The molecule has 0 unspecified atom stereocenters. The Kier molecular flexibility index (Phi) is 6.19. The predicted octanol–water partition coefficient (Wildman–Crippen LogP) is 1.18. The molecule has 0 spiro atoms. The van der Waals surface area contributed by atoms with Gasteiger partial charge in [0.2, 0.25) is 0 Å². The number of urea groups is 1. The van der Waals surface area contributed by atoms with Crippen LogP contribution in [0.3, 0.4) is 0 Å². The van der Waals surface area contributed by atoms with Gasteiger partial charge in [0.1, 0.15) is 11.3 Å². The van der Waals surface area contributed by atoms with Gasteiger partial charge in [0.25, 0.3) is 5.91 Å². The summed E-state index contributed by atoms with van der Waals surface area (Å²) >= 11 is 0. The van der Waals surface area contributed by atoms with Crippen LogP contribution < -0.4 is 5.32 Å². The highest BCUT2D eigenvalue weighted by molar-refractivity contribution is 5.96. The summed E-state index contributed by atoms with van der Waals surface area (Å²) in [6.45, 7) is 5.59. The van der Waals surface area contributed by atoms with Crippen LogP contribution in [0.15, 0.2) is 4.52 Å². The summed E-state index contributed by atoms with van der Waals surface area (Å²) in [7, 11) is 3.47. The first-order chi connectivity index (χ1) is 11.4. The van der Waals surface area contributed by atoms with Gasteiger partial charge < -0.3 is 24.4 Å². The fraction of sp³-hybridized carbons (Fsp3) is 0.688. The fourth-order valence-corrected chi connectivity index (χ4v) is 2.87. The number of aromatic nitrogens is 1. The Hall–Kier alpha value is -2.09.